The van der Waals surface area contributed by atoms with E-state index >= 15 is 0 Å². The highest BCUT2D eigenvalue weighted by atomic mass is 35.5. The third-order valence-electron chi connectivity index (χ3n) is 3.35. The van der Waals surface area contributed by atoms with Crippen molar-refractivity contribution in [3.8, 4) is 5.75 Å². The van der Waals surface area contributed by atoms with E-state index in [1.165, 1.54) is 12.3 Å². The normalized spacial score (nSPS) is 14.0. The van der Waals surface area contributed by atoms with Crippen LogP contribution in [0, 0.1) is 0 Å². The fourth-order valence-corrected chi connectivity index (χ4v) is 2.47. The molecule has 0 unspecified atom stereocenters. The average Bonchev–Trinajstić information content (AvgIpc) is 2.71. The molecule has 0 radical (unpaired) electrons. The van der Waals surface area contributed by atoms with Crippen molar-refractivity contribution in [2.24, 2.45) is 0 Å². The largest absolute Gasteiger partial charge is 0.491 e. The van der Waals surface area contributed by atoms with Crippen molar-refractivity contribution in [1.82, 2.24) is 9.88 Å². The van der Waals surface area contributed by atoms with Gasteiger partial charge in [0.25, 0.3) is 5.91 Å². The van der Waals surface area contributed by atoms with Crippen molar-refractivity contribution in [2.75, 3.05) is 18.9 Å². The number of pyridine rings is 1. The molecule has 0 atom stereocenters. The summed E-state index contributed by atoms with van der Waals surface area (Å²) in [7, 11) is 0. The van der Waals surface area contributed by atoms with Crippen molar-refractivity contribution in [2.45, 2.75) is 6.54 Å². The van der Waals surface area contributed by atoms with E-state index in [0.29, 0.717) is 30.3 Å². The lowest BCUT2D eigenvalue weighted by atomic mass is 10.1. The summed E-state index contributed by atoms with van der Waals surface area (Å²) >= 11 is 6.05. The van der Waals surface area contributed by atoms with Crippen LogP contribution in [0.4, 0.5) is 5.82 Å². The standard InChI is InChI=1S/C15H14ClN3O2/c16-12-8-18-14(17)7-11(12)15(20)19-5-6-21-13-4-2-1-3-10(13)9-19/h1-4,7-8H,5-6,9H2,(H2,17,18). The van der Waals surface area contributed by atoms with E-state index in [0.717, 1.165) is 11.3 Å². The van der Waals surface area contributed by atoms with Gasteiger partial charge in [0.05, 0.1) is 17.1 Å². The number of nitrogen functional groups attached to an aromatic ring is 1. The first kappa shape index (κ1) is 13.7. The maximum atomic E-state index is 12.6. The quantitative estimate of drug-likeness (QED) is 0.878. The summed E-state index contributed by atoms with van der Waals surface area (Å²) in [4.78, 5) is 18.2. The van der Waals surface area contributed by atoms with Crippen molar-refractivity contribution >= 4 is 23.3 Å². The average molecular weight is 304 g/mol. The number of aromatic nitrogens is 1. The fraction of sp³-hybridized carbons (Fsp3) is 0.200. The van der Waals surface area contributed by atoms with Crippen LogP contribution in [-0.4, -0.2) is 28.9 Å². The van der Waals surface area contributed by atoms with E-state index in [1.807, 2.05) is 24.3 Å². The molecule has 0 aliphatic carbocycles. The number of ether oxygens (including phenoxy) is 1. The van der Waals surface area contributed by atoms with Gasteiger partial charge >= 0.3 is 0 Å². The third-order valence-corrected chi connectivity index (χ3v) is 3.65. The van der Waals surface area contributed by atoms with Crippen LogP contribution in [0.5, 0.6) is 5.75 Å². The Morgan fingerprint density at radius 2 is 2.19 bits per heavy atom. The summed E-state index contributed by atoms with van der Waals surface area (Å²) in [5.41, 5.74) is 6.98. The zero-order valence-electron chi connectivity index (χ0n) is 11.3. The first-order chi connectivity index (χ1) is 10.1. The molecule has 0 bridgehead atoms. The lowest BCUT2D eigenvalue weighted by molar-refractivity contribution is 0.0733. The Morgan fingerprint density at radius 1 is 1.38 bits per heavy atom. The minimum Gasteiger partial charge on any atom is -0.491 e. The van der Waals surface area contributed by atoms with Gasteiger partial charge in [0.15, 0.2) is 0 Å². The number of halogens is 1. The predicted octanol–water partition coefficient (Wildman–Crippen LogP) is 2.35. The minimum atomic E-state index is -0.172. The van der Waals surface area contributed by atoms with Gasteiger partial charge in [-0.2, -0.15) is 0 Å². The van der Waals surface area contributed by atoms with Gasteiger partial charge < -0.3 is 15.4 Å². The van der Waals surface area contributed by atoms with E-state index in [-0.39, 0.29) is 11.7 Å². The van der Waals surface area contributed by atoms with E-state index in [4.69, 9.17) is 22.1 Å². The van der Waals surface area contributed by atoms with Crippen molar-refractivity contribution in [1.29, 1.82) is 0 Å². The van der Waals surface area contributed by atoms with Crippen LogP contribution in [0.25, 0.3) is 0 Å². The number of nitrogens with two attached hydrogens (primary N) is 1. The molecule has 3 rings (SSSR count). The van der Waals surface area contributed by atoms with Gasteiger partial charge in [-0.1, -0.05) is 29.8 Å². The maximum Gasteiger partial charge on any atom is 0.255 e. The lowest BCUT2D eigenvalue weighted by Crippen LogP contribution is -2.32. The Kier molecular flexibility index (Phi) is 3.66. The molecule has 1 aliphatic rings. The molecule has 0 spiro atoms. The SMILES string of the molecule is Nc1cc(C(=O)N2CCOc3ccccc3C2)c(Cl)cn1. The molecule has 0 saturated heterocycles. The van der Waals surface area contributed by atoms with Crippen LogP contribution in [0.2, 0.25) is 5.02 Å². The first-order valence-electron chi connectivity index (χ1n) is 6.56. The molecule has 1 aromatic heterocycles. The summed E-state index contributed by atoms with van der Waals surface area (Å²) < 4.78 is 5.65. The first-order valence-corrected chi connectivity index (χ1v) is 6.94. The number of nitrogens with zero attached hydrogens (tertiary/aromatic N) is 2. The van der Waals surface area contributed by atoms with Gasteiger partial charge in [-0.3, -0.25) is 4.79 Å². The summed E-state index contributed by atoms with van der Waals surface area (Å²) in [6.07, 6.45) is 1.40. The molecule has 2 heterocycles. The van der Waals surface area contributed by atoms with Gasteiger partial charge in [-0.15, -0.1) is 0 Å². The maximum absolute atomic E-state index is 12.6. The molecule has 108 valence electrons. The van der Waals surface area contributed by atoms with E-state index in [1.54, 1.807) is 4.90 Å². The number of carbonyl (C=O) groups excluding carboxylic acids is 1. The second kappa shape index (κ2) is 5.61. The molecular weight excluding hydrogens is 290 g/mol. The molecular formula is C15H14ClN3O2. The predicted molar refractivity (Wildman–Crippen MR) is 80.3 cm³/mol. The van der Waals surface area contributed by atoms with Gasteiger partial charge in [0.1, 0.15) is 18.2 Å². The van der Waals surface area contributed by atoms with E-state index < -0.39 is 0 Å². The highest BCUT2D eigenvalue weighted by Crippen LogP contribution is 2.25. The van der Waals surface area contributed by atoms with Crippen LogP contribution in [0.3, 0.4) is 0 Å². The Bertz CT molecular complexity index is 690. The van der Waals surface area contributed by atoms with E-state index in [2.05, 4.69) is 4.98 Å². The highest BCUT2D eigenvalue weighted by molar-refractivity contribution is 6.33. The van der Waals surface area contributed by atoms with Crippen LogP contribution in [0.1, 0.15) is 15.9 Å². The lowest BCUT2D eigenvalue weighted by Gasteiger charge is -2.20. The second-order valence-electron chi connectivity index (χ2n) is 4.77. The second-order valence-corrected chi connectivity index (χ2v) is 5.18. The van der Waals surface area contributed by atoms with Gasteiger partial charge in [0, 0.05) is 18.3 Å². The zero-order valence-corrected chi connectivity index (χ0v) is 12.0. The smallest absolute Gasteiger partial charge is 0.255 e. The van der Waals surface area contributed by atoms with Crippen LogP contribution >= 0.6 is 11.6 Å². The van der Waals surface area contributed by atoms with E-state index in [9.17, 15) is 4.79 Å². The Labute approximate surface area is 127 Å². The Balaban J connectivity index is 1.90. The number of para-hydroxylation sites is 1. The number of amides is 1. The zero-order chi connectivity index (χ0) is 14.8. The highest BCUT2D eigenvalue weighted by Gasteiger charge is 2.22. The van der Waals surface area contributed by atoms with Crippen molar-refractivity contribution < 1.29 is 9.53 Å². The number of carbonyl (C=O) groups is 1. The number of hydrogen-bond donors (Lipinski definition) is 1. The van der Waals surface area contributed by atoms with Gasteiger partial charge in [-0.25, -0.2) is 4.98 Å². The Hall–Kier alpha value is -2.27. The minimum absolute atomic E-state index is 0.172. The topological polar surface area (TPSA) is 68.5 Å². The summed E-state index contributed by atoms with van der Waals surface area (Å²) in [5.74, 6) is 0.914. The van der Waals surface area contributed by atoms with Crippen LogP contribution in [0.15, 0.2) is 36.5 Å². The number of benzene rings is 1. The summed E-state index contributed by atoms with van der Waals surface area (Å²) in [6.45, 7) is 1.42. The molecule has 2 N–H and O–H groups in total. The molecule has 21 heavy (non-hydrogen) atoms. The molecule has 5 nitrogen and oxygen atoms in total. The number of hydrogen-bond acceptors (Lipinski definition) is 4. The Morgan fingerprint density at radius 3 is 3.05 bits per heavy atom. The number of anilines is 1. The van der Waals surface area contributed by atoms with Crippen LogP contribution in [-0.2, 0) is 6.54 Å². The molecule has 1 aliphatic heterocycles. The van der Waals surface area contributed by atoms with Crippen molar-refractivity contribution in [3.05, 3.63) is 52.7 Å². The summed E-state index contributed by atoms with van der Waals surface area (Å²) in [6, 6.07) is 9.19. The fourth-order valence-electron chi connectivity index (χ4n) is 2.29. The molecule has 0 saturated carbocycles. The number of fused-ring (bicyclic) bond motifs is 1. The van der Waals surface area contributed by atoms with Gasteiger partial charge in [0.2, 0.25) is 0 Å². The molecule has 1 amide bonds. The van der Waals surface area contributed by atoms with Gasteiger partial charge in [-0.05, 0) is 12.1 Å². The number of rotatable bonds is 1. The molecule has 2 aromatic rings. The monoisotopic (exact) mass is 303 g/mol. The molecule has 0 fully saturated rings. The summed E-state index contributed by atoms with van der Waals surface area (Å²) in [5, 5.41) is 0.299. The third kappa shape index (κ3) is 2.78. The molecule has 6 heteroatoms. The van der Waals surface area contributed by atoms with Crippen LogP contribution < -0.4 is 10.5 Å². The van der Waals surface area contributed by atoms with Crippen molar-refractivity contribution in [3.63, 3.8) is 0 Å². The molecule has 1 aromatic carbocycles.